The lowest BCUT2D eigenvalue weighted by Gasteiger charge is -2.29. The SMILES string of the molecule is CCCCCCC1CCC(c2ccc(OC(F)(F)C(F)C(F)(F)F)cc2)CC1. The van der Waals surface area contributed by atoms with Crippen LogP contribution < -0.4 is 4.74 Å². The number of rotatable bonds is 9. The van der Waals surface area contributed by atoms with Gasteiger partial charge in [-0.1, -0.05) is 51.2 Å². The molecule has 1 nitrogen and oxygen atoms in total. The Morgan fingerprint density at radius 2 is 1.54 bits per heavy atom. The van der Waals surface area contributed by atoms with Crippen LogP contribution in [0.15, 0.2) is 24.3 Å². The van der Waals surface area contributed by atoms with Crippen molar-refractivity contribution in [3.63, 3.8) is 0 Å². The summed E-state index contributed by atoms with van der Waals surface area (Å²) in [6.07, 6.45) is -4.46. The van der Waals surface area contributed by atoms with Crippen molar-refractivity contribution in [2.75, 3.05) is 0 Å². The highest BCUT2D eigenvalue weighted by molar-refractivity contribution is 5.30. The minimum atomic E-state index is -5.68. The van der Waals surface area contributed by atoms with Crippen molar-refractivity contribution in [1.82, 2.24) is 0 Å². The van der Waals surface area contributed by atoms with E-state index < -0.39 is 24.2 Å². The molecule has 0 radical (unpaired) electrons. The molecule has 1 unspecified atom stereocenters. The van der Waals surface area contributed by atoms with Crippen molar-refractivity contribution in [2.24, 2.45) is 5.92 Å². The number of unbranched alkanes of at least 4 members (excludes halogenated alkanes) is 3. The van der Waals surface area contributed by atoms with Gasteiger partial charge in [0.25, 0.3) is 6.17 Å². The molecule has 0 spiro atoms. The molecule has 160 valence electrons. The molecule has 0 amide bonds. The Morgan fingerprint density at radius 3 is 2.07 bits per heavy atom. The Balaban J connectivity index is 1.85. The third-order valence-corrected chi connectivity index (χ3v) is 5.50. The van der Waals surface area contributed by atoms with Crippen molar-refractivity contribution in [1.29, 1.82) is 0 Å². The summed E-state index contributed by atoms with van der Waals surface area (Å²) in [6.45, 7) is 2.19. The van der Waals surface area contributed by atoms with Gasteiger partial charge in [-0.25, -0.2) is 4.39 Å². The molecule has 1 aliphatic carbocycles. The van der Waals surface area contributed by atoms with Gasteiger partial charge in [0.05, 0.1) is 0 Å². The fraction of sp³-hybridized carbons (Fsp3) is 0.714. The molecule has 1 saturated carbocycles. The molecular formula is C21H28F6O. The van der Waals surface area contributed by atoms with Crippen molar-refractivity contribution in [3.8, 4) is 5.75 Å². The summed E-state index contributed by atoms with van der Waals surface area (Å²) in [6, 6.07) is 5.53. The second-order valence-corrected chi connectivity index (χ2v) is 7.70. The number of halogens is 6. The summed E-state index contributed by atoms with van der Waals surface area (Å²) in [7, 11) is 0. The van der Waals surface area contributed by atoms with Gasteiger partial charge in [0.1, 0.15) is 5.75 Å². The Morgan fingerprint density at radius 1 is 0.929 bits per heavy atom. The molecule has 0 aliphatic heterocycles. The van der Waals surface area contributed by atoms with Crippen LogP contribution in [0.2, 0.25) is 0 Å². The first-order chi connectivity index (χ1) is 13.1. The molecule has 1 atom stereocenters. The first-order valence-electron chi connectivity index (χ1n) is 10.0. The summed E-state index contributed by atoms with van der Waals surface area (Å²) in [4.78, 5) is 0. The minimum Gasteiger partial charge on any atom is -0.430 e. The highest BCUT2D eigenvalue weighted by Crippen LogP contribution is 2.39. The molecular weight excluding hydrogens is 382 g/mol. The maximum absolute atomic E-state index is 13.3. The Bertz CT molecular complexity index is 576. The number of hydrogen-bond donors (Lipinski definition) is 0. The largest absolute Gasteiger partial charge is 0.439 e. The number of hydrogen-bond acceptors (Lipinski definition) is 1. The molecule has 1 aliphatic rings. The molecule has 28 heavy (non-hydrogen) atoms. The van der Waals surface area contributed by atoms with Gasteiger partial charge in [-0.05, 0) is 55.2 Å². The summed E-state index contributed by atoms with van der Waals surface area (Å²) >= 11 is 0. The van der Waals surface area contributed by atoms with E-state index in [9.17, 15) is 26.3 Å². The van der Waals surface area contributed by atoms with Gasteiger partial charge < -0.3 is 4.74 Å². The van der Waals surface area contributed by atoms with Crippen LogP contribution in [0.5, 0.6) is 5.75 Å². The Labute approximate surface area is 162 Å². The van der Waals surface area contributed by atoms with Crippen LogP contribution in [-0.4, -0.2) is 18.5 Å². The van der Waals surface area contributed by atoms with Crippen molar-refractivity contribution >= 4 is 0 Å². The number of ether oxygens (including phenoxy) is 1. The Kier molecular flexibility index (Phi) is 8.07. The highest BCUT2D eigenvalue weighted by Gasteiger charge is 2.59. The molecule has 0 heterocycles. The van der Waals surface area contributed by atoms with E-state index in [0.29, 0.717) is 5.92 Å². The highest BCUT2D eigenvalue weighted by atomic mass is 19.4. The van der Waals surface area contributed by atoms with Gasteiger partial charge in [-0.15, -0.1) is 0 Å². The third-order valence-electron chi connectivity index (χ3n) is 5.50. The van der Waals surface area contributed by atoms with Crippen LogP contribution >= 0.6 is 0 Å². The third kappa shape index (κ3) is 6.59. The summed E-state index contributed by atoms with van der Waals surface area (Å²) in [5.41, 5.74) is 0.952. The average molecular weight is 410 g/mol. The average Bonchev–Trinajstić information content (AvgIpc) is 2.65. The van der Waals surface area contributed by atoms with Crippen molar-refractivity contribution in [2.45, 2.75) is 89.1 Å². The predicted octanol–water partition coefficient (Wildman–Crippen LogP) is 7.80. The lowest BCUT2D eigenvalue weighted by Crippen LogP contribution is -2.45. The molecule has 0 saturated heterocycles. The first kappa shape index (κ1) is 22.9. The fourth-order valence-corrected chi connectivity index (χ4v) is 3.85. The van der Waals surface area contributed by atoms with E-state index in [0.717, 1.165) is 37.2 Å². The van der Waals surface area contributed by atoms with Gasteiger partial charge in [-0.2, -0.15) is 22.0 Å². The van der Waals surface area contributed by atoms with Crippen LogP contribution in [0.1, 0.15) is 76.2 Å². The number of benzene rings is 1. The predicted molar refractivity (Wildman–Crippen MR) is 96.4 cm³/mol. The zero-order valence-corrected chi connectivity index (χ0v) is 16.1. The minimum absolute atomic E-state index is 0.311. The Hall–Kier alpha value is -1.40. The fourth-order valence-electron chi connectivity index (χ4n) is 3.85. The summed E-state index contributed by atoms with van der Waals surface area (Å²) < 4.78 is 80.1. The lowest BCUT2D eigenvalue weighted by atomic mass is 9.77. The summed E-state index contributed by atoms with van der Waals surface area (Å²) in [5.74, 6) is 0.564. The van der Waals surface area contributed by atoms with Gasteiger partial charge in [0, 0.05) is 0 Å². The van der Waals surface area contributed by atoms with Crippen molar-refractivity contribution in [3.05, 3.63) is 29.8 Å². The molecule has 0 N–H and O–H groups in total. The topological polar surface area (TPSA) is 9.23 Å². The second-order valence-electron chi connectivity index (χ2n) is 7.70. The molecule has 2 rings (SSSR count). The zero-order valence-electron chi connectivity index (χ0n) is 16.1. The van der Waals surface area contributed by atoms with E-state index in [2.05, 4.69) is 11.7 Å². The molecule has 0 bridgehead atoms. The van der Waals surface area contributed by atoms with E-state index in [-0.39, 0.29) is 0 Å². The molecule has 1 aromatic rings. The van der Waals surface area contributed by atoms with E-state index in [1.54, 1.807) is 12.1 Å². The van der Waals surface area contributed by atoms with Gasteiger partial charge in [-0.3, -0.25) is 0 Å². The quantitative estimate of drug-likeness (QED) is 0.298. The van der Waals surface area contributed by atoms with E-state index in [4.69, 9.17) is 0 Å². The van der Waals surface area contributed by atoms with Crippen LogP contribution in [0, 0.1) is 5.92 Å². The number of alkyl halides is 6. The lowest BCUT2D eigenvalue weighted by molar-refractivity contribution is -0.304. The first-order valence-corrected chi connectivity index (χ1v) is 10.0. The smallest absolute Gasteiger partial charge is 0.430 e. The molecule has 1 aromatic carbocycles. The van der Waals surface area contributed by atoms with Crippen LogP contribution in [0.4, 0.5) is 26.3 Å². The molecule has 1 fully saturated rings. The van der Waals surface area contributed by atoms with Crippen LogP contribution in [-0.2, 0) is 0 Å². The van der Waals surface area contributed by atoms with Crippen LogP contribution in [0.3, 0.4) is 0 Å². The second kappa shape index (κ2) is 9.88. The monoisotopic (exact) mass is 410 g/mol. The van der Waals surface area contributed by atoms with E-state index in [1.807, 2.05) is 0 Å². The van der Waals surface area contributed by atoms with E-state index in [1.165, 1.54) is 44.2 Å². The summed E-state index contributed by atoms with van der Waals surface area (Å²) in [5, 5.41) is 0. The van der Waals surface area contributed by atoms with E-state index >= 15 is 0 Å². The zero-order chi connectivity index (χ0) is 20.8. The van der Waals surface area contributed by atoms with Crippen LogP contribution in [0.25, 0.3) is 0 Å². The van der Waals surface area contributed by atoms with Gasteiger partial charge in [0.2, 0.25) is 0 Å². The standard InChI is InChI=1S/C21H28F6O/c1-2-3-4-5-6-15-7-9-16(10-8-15)17-11-13-18(14-12-17)28-21(26,27)19(22)20(23,24)25/h11-16,19H,2-10H2,1H3. The molecule has 0 aromatic heterocycles. The normalized spacial score (nSPS) is 22.1. The maximum Gasteiger partial charge on any atom is 0.439 e. The maximum atomic E-state index is 13.3. The molecule has 7 heteroatoms. The van der Waals surface area contributed by atoms with Gasteiger partial charge >= 0.3 is 12.3 Å². The van der Waals surface area contributed by atoms with Gasteiger partial charge in [0.15, 0.2) is 0 Å². The van der Waals surface area contributed by atoms with Crippen molar-refractivity contribution < 1.29 is 31.1 Å².